The number of nitrogens with zero attached hydrogens (tertiary/aromatic N) is 1. The van der Waals surface area contributed by atoms with Gasteiger partial charge < -0.3 is 15.3 Å². The molecule has 0 heterocycles. The molecule has 0 saturated carbocycles. The maximum Gasteiger partial charge on any atom is 0.239 e. The first kappa shape index (κ1) is 16.4. The van der Waals surface area contributed by atoms with E-state index in [9.17, 15) is 13.6 Å². The Kier molecular flexibility index (Phi) is 5.88. The van der Waals surface area contributed by atoms with Crippen molar-refractivity contribution in [1.29, 1.82) is 0 Å². The number of aromatic hydroxyl groups is 1. The van der Waals surface area contributed by atoms with Crippen LogP contribution in [0.25, 0.3) is 0 Å². The molecular formula is C14H20F2N2O2. The van der Waals surface area contributed by atoms with Crippen LogP contribution in [0.1, 0.15) is 26.3 Å². The van der Waals surface area contributed by atoms with Crippen molar-refractivity contribution in [3.05, 3.63) is 29.3 Å². The maximum atomic E-state index is 13.2. The van der Waals surface area contributed by atoms with Crippen LogP contribution in [0.3, 0.4) is 0 Å². The summed E-state index contributed by atoms with van der Waals surface area (Å²) in [5, 5.41) is 11.9. The van der Waals surface area contributed by atoms with Crippen molar-refractivity contribution in [3.63, 3.8) is 0 Å². The van der Waals surface area contributed by atoms with Crippen molar-refractivity contribution in [2.45, 2.75) is 33.4 Å². The lowest BCUT2D eigenvalue weighted by atomic mass is 10.2. The van der Waals surface area contributed by atoms with Crippen molar-refractivity contribution in [1.82, 2.24) is 10.2 Å². The molecule has 4 nitrogen and oxygen atoms in total. The fraction of sp³-hybridized carbons (Fsp3) is 0.500. The number of hydrogen-bond acceptors (Lipinski definition) is 3. The normalized spacial score (nSPS) is 12.2. The summed E-state index contributed by atoms with van der Waals surface area (Å²) in [6, 6.07) is 1.63. The van der Waals surface area contributed by atoms with Gasteiger partial charge in [-0.05, 0) is 38.5 Å². The topological polar surface area (TPSA) is 52.6 Å². The minimum absolute atomic E-state index is 0.0604. The van der Waals surface area contributed by atoms with Gasteiger partial charge in [0.05, 0.1) is 6.04 Å². The zero-order valence-corrected chi connectivity index (χ0v) is 11.9. The summed E-state index contributed by atoms with van der Waals surface area (Å²) in [6.45, 7) is 6.85. The van der Waals surface area contributed by atoms with Crippen LogP contribution in [0, 0.1) is 11.6 Å². The molecule has 0 saturated heterocycles. The highest BCUT2D eigenvalue weighted by Crippen LogP contribution is 2.21. The summed E-state index contributed by atoms with van der Waals surface area (Å²) in [5.74, 6) is -3.07. The molecule has 6 heteroatoms. The zero-order chi connectivity index (χ0) is 15.3. The van der Waals surface area contributed by atoms with Gasteiger partial charge in [0.1, 0.15) is 0 Å². The van der Waals surface area contributed by atoms with Crippen LogP contribution in [0.5, 0.6) is 5.75 Å². The molecule has 1 aromatic carbocycles. The Morgan fingerprint density at radius 3 is 2.25 bits per heavy atom. The van der Waals surface area contributed by atoms with Crippen LogP contribution in [-0.2, 0) is 11.3 Å². The number of hydrogen-bond donors (Lipinski definition) is 2. The molecule has 0 aliphatic carbocycles. The van der Waals surface area contributed by atoms with E-state index in [2.05, 4.69) is 5.32 Å². The van der Waals surface area contributed by atoms with E-state index in [1.54, 1.807) is 11.8 Å². The van der Waals surface area contributed by atoms with Gasteiger partial charge in [-0.1, -0.05) is 0 Å². The summed E-state index contributed by atoms with van der Waals surface area (Å²) in [6.07, 6.45) is 0. The van der Waals surface area contributed by atoms with E-state index in [0.717, 1.165) is 12.1 Å². The third-order valence-electron chi connectivity index (χ3n) is 3.13. The number of rotatable bonds is 6. The highest BCUT2D eigenvalue weighted by Gasteiger charge is 2.18. The van der Waals surface area contributed by atoms with Crippen molar-refractivity contribution >= 4 is 5.91 Å². The fourth-order valence-electron chi connectivity index (χ4n) is 1.89. The molecule has 1 aromatic rings. The molecule has 0 spiro atoms. The molecule has 0 aliphatic rings. The Bertz CT molecular complexity index is 453. The molecule has 0 radical (unpaired) electrons. The SMILES string of the molecule is CCN(CC)C(=O)C(C)NCc1cc(F)c(O)c(F)c1. The third-order valence-corrected chi connectivity index (χ3v) is 3.13. The number of phenols is 1. The number of benzene rings is 1. The molecule has 2 N–H and O–H groups in total. The molecular weight excluding hydrogens is 266 g/mol. The molecule has 1 unspecified atom stereocenters. The monoisotopic (exact) mass is 286 g/mol. The largest absolute Gasteiger partial charge is 0.503 e. The Morgan fingerprint density at radius 2 is 1.80 bits per heavy atom. The van der Waals surface area contributed by atoms with E-state index < -0.39 is 23.4 Å². The molecule has 0 bridgehead atoms. The lowest BCUT2D eigenvalue weighted by Crippen LogP contribution is -2.44. The standard InChI is InChI=1S/C14H20F2N2O2/c1-4-18(5-2)14(20)9(3)17-8-10-6-11(15)13(19)12(16)7-10/h6-7,9,17,19H,4-5,8H2,1-3H3. The van der Waals surface area contributed by atoms with E-state index >= 15 is 0 Å². The minimum atomic E-state index is -1.01. The fourth-order valence-corrected chi connectivity index (χ4v) is 1.89. The predicted molar refractivity (Wildman–Crippen MR) is 72.3 cm³/mol. The Balaban J connectivity index is 2.65. The number of nitrogens with one attached hydrogen (secondary N) is 1. The van der Waals surface area contributed by atoms with Gasteiger partial charge in [0, 0.05) is 19.6 Å². The highest BCUT2D eigenvalue weighted by molar-refractivity contribution is 5.81. The summed E-state index contributed by atoms with van der Waals surface area (Å²) in [5.41, 5.74) is 0.331. The average Bonchev–Trinajstić information content (AvgIpc) is 2.43. The molecule has 0 fully saturated rings. The molecule has 0 aromatic heterocycles. The lowest BCUT2D eigenvalue weighted by molar-refractivity contribution is -0.132. The predicted octanol–water partition coefficient (Wildman–Crippen LogP) is 2.02. The van der Waals surface area contributed by atoms with Crippen LogP contribution in [0.15, 0.2) is 12.1 Å². The summed E-state index contributed by atoms with van der Waals surface area (Å²) < 4.78 is 26.3. The van der Waals surface area contributed by atoms with Gasteiger partial charge in [-0.3, -0.25) is 4.79 Å². The van der Waals surface area contributed by atoms with E-state index in [-0.39, 0.29) is 12.5 Å². The quantitative estimate of drug-likeness (QED) is 0.841. The summed E-state index contributed by atoms with van der Waals surface area (Å²) in [7, 11) is 0. The summed E-state index contributed by atoms with van der Waals surface area (Å²) >= 11 is 0. The Morgan fingerprint density at radius 1 is 1.30 bits per heavy atom. The number of halogens is 2. The number of carbonyl (C=O) groups is 1. The maximum absolute atomic E-state index is 13.2. The van der Waals surface area contributed by atoms with E-state index in [1.165, 1.54) is 0 Å². The van der Waals surface area contributed by atoms with Gasteiger partial charge in [-0.25, -0.2) is 8.78 Å². The molecule has 1 atom stereocenters. The van der Waals surface area contributed by atoms with Crippen molar-refractivity contribution in [2.75, 3.05) is 13.1 Å². The van der Waals surface area contributed by atoms with Crippen molar-refractivity contribution in [3.8, 4) is 5.75 Å². The number of carbonyl (C=O) groups excluding carboxylic acids is 1. The van der Waals surface area contributed by atoms with Gasteiger partial charge >= 0.3 is 0 Å². The molecule has 112 valence electrons. The van der Waals surface area contributed by atoms with Gasteiger partial charge in [0.15, 0.2) is 17.4 Å². The van der Waals surface area contributed by atoms with Gasteiger partial charge in [0.2, 0.25) is 5.91 Å². The molecule has 1 rings (SSSR count). The average molecular weight is 286 g/mol. The first-order chi connectivity index (χ1) is 9.40. The zero-order valence-electron chi connectivity index (χ0n) is 11.9. The molecule has 0 aliphatic heterocycles. The second kappa shape index (κ2) is 7.19. The van der Waals surface area contributed by atoms with E-state index in [4.69, 9.17) is 5.11 Å². The Hall–Kier alpha value is -1.69. The number of amides is 1. The lowest BCUT2D eigenvalue weighted by Gasteiger charge is -2.23. The first-order valence-corrected chi connectivity index (χ1v) is 6.59. The van der Waals surface area contributed by atoms with Gasteiger partial charge in [-0.2, -0.15) is 0 Å². The second-order valence-electron chi connectivity index (χ2n) is 4.52. The first-order valence-electron chi connectivity index (χ1n) is 6.59. The summed E-state index contributed by atoms with van der Waals surface area (Å²) in [4.78, 5) is 13.7. The van der Waals surface area contributed by atoms with E-state index in [0.29, 0.717) is 18.7 Å². The van der Waals surface area contributed by atoms with Crippen LogP contribution in [0.2, 0.25) is 0 Å². The number of likely N-dealkylation sites (N-methyl/N-ethyl adjacent to an activating group) is 1. The van der Waals surface area contributed by atoms with Crippen LogP contribution in [0.4, 0.5) is 8.78 Å². The van der Waals surface area contributed by atoms with Gasteiger partial charge in [-0.15, -0.1) is 0 Å². The van der Waals surface area contributed by atoms with E-state index in [1.807, 2.05) is 13.8 Å². The molecule has 1 amide bonds. The Labute approximate surface area is 117 Å². The van der Waals surface area contributed by atoms with Crippen LogP contribution >= 0.6 is 0 Å². The van der Waals surface area contributed by atoms with Crippen LogP contribution in [-0.4, -0.2) is 35.0 Å². The van der Waals surface area contributed by atoms with Crippen molar-refractivity contribution < 1.29 is 18.7 Å². The van der Waals surface area contributed by atoms with Crippen molar-refractivity contribution in [2.24, 2.45) is 0 Å². The van der Waals surface area contributed by atoms with Gasteiger partial charge in [0.25, 0.3) is 0 Å². The van der Waals surface area contributed by atoms with Crippen LogP contribution < -0.4 is 5.32 Å². The second-order valence-corrected chi connectivity index (χ2v) is 4.52. The minimum Gasteiger partial charge on any atom is -0.503 e. The third kappa shape index (κ3) is 3.90. The smallest absolute Gasteiger partial charge is 0.239 e. The number of phenolic OH excluding ortho intramolecular Hbond substituents is 1. The highest BCUT2D eigenvalue weighted by atomic mass is 19.1. The molecule has 20 heavy (non-hydrogen) atoms.